The lowest BCUT2D eigenvalue weighted by Gasteiger charge is -2.54. The lowest BCUT2D eigenvalue weighted by molar-refractivity contribution is -0.182. The highest BCUT2D eigenvalue weighted by atomic mass is 16.5. The van der Waals surface area contributed by atoms with Crippen molar-refractivity contribution in [3.63, 3.8) is 0 Å². The molecule has 33 heavy (non-hydrogen) atoms. The maximum absolute atomic E-state index is 13.9. The molecule has 0 aromatic heterocycles. The molecule has 2 N–H and O–H groups in total. The van der Waals surface area contributed by atoms with Gasteiger partial charge < -0.3 is 15.2 Å². The number of carbonyl (C=O) groups excluding carboxylic acids is 2. The zero-order valence-corrected chi connectivity index (χ0v) is 20.2. The number of hydrogen-bond donors (Lipinski definition) is 2. The second-order valence-corrected chi connectivity index (χ2v) is 13.4. The van der Waals surface area contributed by atoms with Crippen LogP contribution in [0.2, 0.25) is 0 Å². The van der Waals surface area contributed by atoms with Gasteiger partial charge in [-0.15, -0.1) is 0 Å². The average molecular weight is 456 g/mol. The summed E-state index contributed by atoms with van der Waals surface area (Å²) in [6.07, 6.45) is 8.79. The van der Waals surface area contributed by atoms with Crippen LogP contribution < -0.4 is 5.32 Å². The van der Waals surface area contributed by atoms with Gasteiger partial charge >= 0.3 is 5.97 Å². The maximum Gasteiger partial charge on any atom is 0.310 e. The fraction of sp³-hybridized carbons (Fsp3) is 0.929. The number of ether oxygens (including phenoxy) is 1. The SMILES string of the molecule is CC1C(C)C2CC1C1C3CC(C(C(=O)OC4C5CC6CC(C5)CC4C6)C3C(=O)NCCO)C21. The summed E-state index contributed by atoms with van der Waals surface area (Å²) in [5, 5.41) is 12.2. The number of carbonyl (C=O) groups is 2. The molecule has 0 heterocycles. The third kappa shape index (κ3) is 2.87. The van der Waals surface area contributed by atoms with Gasteiger partial charge in [-0.3, -0.25) is 9.59 Å². The highest BCUT2D eigenvalue weighted by molar-refractivity contribution is 5.87. The molecule has 0 saturated heterocycles. The Hall–Kier alpha value is -1.10. The van der Waals surface area contributed by atoms with E-state index in [0.717, 1.165) is 41.9 Å². The molecule has 8 saturated carbocycles. The normalized spacial score (nSPS) is 56.9. The van der Waals surface area contributed by atoms with Crippen molar-refractivity contribution in [2.45, 2.75) is 64.9 Å². The molecule has 8 aliphatic rings. The third-order valence-corrected chi connectivity index (χ3v) is 12.4. The van der Waals surface area contributed by atoms with E-state index >= 15 is 0 Å². The second-order valence-electron chi connectivity index (χ2n) is 13.4. The van der Waals surface area contributed by atoms with Gasteiger partial charge in [-0.2, -0.15) is 0 Å². The molecule has 5 heteroatoms. The average Bonchev–Trinajstić information content (AvgIpc) is 3.52. The molecule has 0 aromatic rings. The van der Waals surface area contributed by atoms with E-state index in [1.807, 2.05) is 0 Å². The maximum atomic E-state index is 13.9. The van der Waals surface area contributed by atoms with Crippen molar-refractivity contribution in [1.82, 2.24) is 5.32 Å². The van der Waals surface area contributed by atoms with Crippen molar-refractivity contribution in [2.75, 3.05) is 13.2 Å². The number of fused-ring (bicyclic) bond motifs is 9. The zero-order valence-electron chi connectivity index (χ0n) is 20.2. The monoisotopic (exact) mass is 455 g/mol. The van der Waals surface area contributed by atoms with E-state index in [-0.39, 0.29) is 43.0 Å². The highest BCUT2D eigenvalue weighted by Gasteiger charge is 2.71. The van der Waals surface area contributed by atoms with Gasteiger partial charge in [0.2, 0.25) is 5.91 Å². The number of nitrogens with one attached hydrogen (secondary N) is 1. The Morgan fingerprint density at radius 2 is 1.33 bits per heavy atom. The molecule has 182 valence electrons. The minimum atomic E-state index is -0.269. The molecular formula is C28H41NO4. The quantitative estimate of drug-likeness (QED) is 0.491. The Kier molecular flexibility index (Phi) is 4.79. The van der Waals surface area contributed by atoms with Crippen LogP contribution in [0.25, 0.3) is 0 Å². The van der Waals surface area contributed by atoms with Gasteiger partial charge in [-0.25, -0.2) is 0 Å². The Bertz CT molecular complexity index is 814. The summed E-state index contributed by atoms with van der Waals surface area (Å²) in [7, 11) is 0. The van der Waals surface area contributed by atoms with E-state index in [1.165, 1.54) is 38.5 Å². The van der Waals surface area contributed by atoms with Gasteiger partial charge in [-0.1, -0.05) is 13.8 Å². The van der Waals surface area contributed by atoms with E-state index in [9.17, 15) is 14.7 Å². The van der Waals surface area contributed by atoms with Crippen LogP contribution in [0.4, 0.5) is 0 Å². The third-order valence-electron chi connectivity index (χ3n) is 12.4. The predicted molar refractivity (Wildman–Crippen MR) is 123 cm³/mol. The summed E-state index contributed by atoms with van der Waals surface area (Å²) in [6, 6.07) is 0. The van der Waals surface area contributed by atoms with Crippen LogP contribution >= 0.6 is 0 Å². The van der Waals surface area contributed by atoms with Crippen LogP contribution in [-0.4, -0.2) is 36.2 Å². The summed E-state index contributed by atoms with van der Waals surface area (Å²) in [5.74, 6) is 7.03. The van der Waals surface area contributed by atoms with E-state index in [1.54, 1.807) is 0 Å². The summed E-state index contributed by atoms with van der Waals surface area (Å²) < 4.78 is 6.46. The molecule has 10 unspecified atom stereocenters. The van der Waals surface area contributed by atoms with Crippen LogP contribution in [0.15, 0.2) is 0 Å². The first-order chi connectivity index (χ1) is 16.0. The number of rotatable bonds is 5. The topological polar surface area (TPSA) is 75.6 Å². The number of amides is 1. The first-order valence-corrected chi connectivity index (χ1v) is 14.0. The highest BCUT2D eigenvalue weighted by Crippen LogP contribution is 2.73. The summed E-state index contributed by atoms with van der Waals surface area (Å²) in [6.45, 7) is 5.06. The first kappa shape index (κ1) is 21.2. The lowest BCUT2D eigenvalue weighted by atomic mass is 9.55. The number of aliphatic hydroxyl groups is 1. The van der Waals surface area contributed by atoms with Crippen molar-refractivity contribution >= 4 is 11.9 Å². The molecule has 1 amide bonds. The lowest BCUT2D eigenvalue weighted by Crippen LogP contribution is -2.53. The Morgan fingerprint density at radius 1 is 0.788 bits per heavy atom. The molecule has 0 aromatic carbocycles. The number of esters is 1. The van der Waals surface area contributed by atoms with Crippen LogP contribution in [0, 0.1) is 82.9 Å². The second kappa shape index (κ2) is 7.45. The van der Waals surface area contributed by atoms with E-state index in [2.05, 4.69) is 19.2 Å². The van der Waals surface area contributed by atoms with Crippen molar-refractivity contribution in [3.05, 3.63) is 0 Å². The standard InChI is InChI=1S/C28H41NO4/c1-12-13(2)19-10-18(12)22-20-11-21(23(19)22)25(24(20)27(31)29-3-4-30)28(32)33-26-16-6-14-5-15(8-16)9-17(26)7-14/h12-26,30H,3-11H2,1-2H3,(H,29,31). The van der Waals surface area contributed by atoms with E-state index in [0.29, 0.717) is 35.5 Å². The molecule has 8 bridgehead atoms. The van der Waals surface area contributed by atoms with Gasteiger partial charge in [0, 0.05) is 6.54 Å². The summed E-state index contributed by atoms with van der Waals surface area (Å²) in [5.41, 5.74) is 0. The molecule has 8 fully saturated rings. The van der Waals surface area contributed by atoms with Crippen molar-refractivity contribution in [1.29, 1.82) is 0 Å². The van der Waals surface area contributed by atoms with Gasteiger partial charge in [-0.05, 0) is 116 Å². The Balaban J connectivity index is 1.16. The fourth-order valence-corrected chi connectivity index (χ4v) is 11.5. The first-order valence-electron chi connectivity index (χ1n) is 14.0. The van der Waals surface area contributed by atoms with Crippen LogP contribution in [0.1, 0.15) is 58.8 Å². The molecule has 8 aliphatic carbocycles. The Labute approximate surface area is 197 Å². The van der Waals surface area contributed by atoms with Gasteiger partial charge in [0.05, 0.1) is 18.4 Å². The van der Waals surface area contributed by atoms with Crippen molar-refractivity contribution < 1.29 is 19.4 Å². The van der Waals surface area contributed by atoms with E-state index < -0.39 is 0 Å². The summed E-state index contributed by atoms with van der Waals surface area (Å²) in [4.78, 5) is 27.3. The van der Waals surface area contributed by atoms with Crippen molar-refractivity contribution in [3.8, 4) is 0 Å². The number of aliphatic hydroxyl groups excluding tert-OH is 1. The summed E-state index contributed by atoms with van der Waals surface area (Å²) >= 11 is 0. The number of hydrogen-bond acceptors (Lipinski definition) is 4. The van der Waals surface area contributed by atoms with Crippen LogP contribution in [0.3, 0.4) is 0 Å². The molecule has 0 aliphatic heterocycles. The molecule has 5 nitrogen and oxygen atoms in total. The van der Waals surface area contributed by atoms with Crippen molar-refractivity contribution in [2.24, 2.45) is 82.9 Å². The minimum Gasteiger partial charge on any atom is -0.462 e. The largest absolute Gasteiger partial charge is 0.462 e. The minimum absolute atomic E-state index is 0.00879. The molecule has 8 rings (SSSR count). The fourth-order valence-electron chi connectivity index (χ4n) is 11.5. The molecule has 10 atom stereocenters. The predicted octanol–water partition coefficient (Wildman–Crippen LogP) is 3.50. The molecular weight excluding hydrogens is 414 g/mol. The molecule has 0 spiro atoms. The van der Waals surface area contributed by atoms with Gasteiger partial charge in [0.25, 0.3) is 0 Å². The Morgan fingerprint density at radius 3 is 1.91 bits per heavy atom. The van der Waals surface area contributed by atoms with Crippen LogP contribution in [-0.2, 0) is 14.3 Å². The van der Waals surface area contributed by atoms with Gasteiger partial charge in [0.1, 0.15) is 6.10 Å². The zero-order chi connectivity index (χ0) is 22.6. The van der Waals surface area contributed by atoms with Gasteiger partial charge in [0.15, 0.2) is 0 Å². The smallest absolute Gasteiger partial charge is 0.310 e. The van der Waals surface area contributed by atoms with E-state index in [4.69, 9.17) is 4.74 Å². The van der Waals surface area contributed by atoms with Crippen LogP contribution in [0.5, 0.6) is 0 Å². The molecule has 0 radical (unpaired) electrons.